The van der Waals surface area contributed by atoms with E-state index in [9.17, 15) is 0 Å². The molecule has 1 aromatic carbocycles. The third-order valence-electron chi connectivity index (χ3n) is 3.37. The largest absolute Gasteiger partial charge is 0.340 e. The fraction of sp³-hybridized carbons (Fsp3) is 0.467. The van der Waals surface area contributed by atoms with Crippen LogP contribution in [0, 0.1) is 27.7 Å². The molecule has 0 N–H and O–H groups in total. The van der Waals surface area contributed by atoms with Crippen molar-refractivity contribution in [2.75, 3.05) is 7.05 Å². The van der Waals surface area contributed by atoms with E-state index < -0.39 is 0 Å². The van der Waals surface area contributed by atoms with Gasteiger partial charge in [-0.3, -0.25) is 4.90 Å². The summed E-state index contributed by atoms with van der Waals surface area (Å²) in [5, 5.41) is 3.92. The summed E-state index contributed by atoms with van der Waals surface area (Å²) < 4.78 is 4.99. The number of aryl methyl sites for hydroxylation is 4. The fourth-order valence-electron chi connectivity index (χ4n) is 2.18. The number of hydrogen-bond donors (Lipinski definition) is 0. The van der Waals surface area contributed by atoms with Gasteiger partial charge in [0.05, 0.1) is 6.54 Å². The van der Waals surface area contributed by atoms with Crippen molar-refractivity contribution in [1.82, 2.24) is 15.0 Å². The molecule has 0 radical (unpaired) electrons. The Balaban J connectivity index is 2.06. The summed E-state index contributed by atoms with van der Waals surface area (Å²) >= 11 is 0. The first-order chi connectivity index (χ1) is 8.95. The fourth-order valence-corrected chi connectivity index (χ4v) is 2.18. The molecule has 2 aromatic rings. The molecule has 102 valence electrons. The Morgan fingerprint density at radius 2 is 1.68 bits per heavy atom. The molecule has 0 aliphatic carbocycles. The van der Waals surface area contributed by atoms with Gasteiger partial charge in [0.1, 0.15) is 0 Å². The van der Waals surface area contributed by atoms with Crippen LogP contribution in [0.4, 0.5) is 0 Å². The number of nitrogens with zero attached hydrogens (tertiary/aromatic N) is 3. The topological polar surface area (TPSA) is 42.2 Å². The van der Waals surface area contributed by atoms with E-state index in [2.05, 4.69) is 55.0 Å². The van der Waals surface area contributed by atoms with Gasteiger partial charge in [0.15, 0.2) is 5.82 Å². The lowest BCUT2D eigenvalue weighted by molar-refractivity contribution is 0.300. The van der Waals surface area contributed by atoms with Gasteiger partial charge in [0, 0.05) is 13.5 Å². The first-order valence-electron chi connectivity index (χ1n) is 6.50. The lowest BCUT2D eigenvalue weighted by Gasteiger charge is -2.17. The lowest BCUT2D eigenvalue weighted by atomic mass is 10.0. The molecule has 2 rings (SSSR count). The Hall–Kier alpha value is -1.68. The Kier molecular flexibility index (Phi) is 4.00. The quantitative estimate of drug-likeness (QED) is 0.846. The summed E-state index contributed by atoms with van der Waals surface area (Å²) in [5.41, 5.74) is 5.37. The van der Waals surface area contributed by atoms with Crippen LogP contribution >= 0.6 is 0 Å². The maximum Gasteiger partial charge on any atom is 0.223 e. The molecule has 0 spiro atoms. The maximum absolute atomic E-state index is 4.99. The normalized spacial score (nSPS) is 11.3. The highest BCUT2D eigenvalue weighted by Crippen LogP contribution is 2.17. The third-order valence-corrected chi connectivity index (χ3v) is 3.37. The van der Waals surface area contributed by atoms with Crippen molar-refractivity contribution >= 4 is 0 Å². The van der Waals surface area contributed by atoms with Crippen molar-refractivity contribution in [3.05, 3.63) is 46.1 Å². The van der Waals surface area contributed by atoms with Crippen molar-refractivity contribution in [2.45, 2.75) is 40.8 Å². The van der Waals surface area contributed by atoms with E-state index in [1.807, 2.05) is 6.92 Å². The second-order valence-electron chi connectivity index (χ2n) is 5.26. The van der Waals surface area contributed by atoms with E-state index >= 15 is 0 Å². The van der Waals surface area contributed by atoms with Gasteiger partial charge < -0.3 is 4.52 Å². The zero-order valence-corrected chi connectivity index (χ0v) is 12.3. The minimum atomic E-state index is 0.616. The van der Waals surface area contributed by atoms with E-state index in [-0.39, 0.29) is 0 Å². The molecular weight excluding hydrogens is 238 g/mol. The molecule has 1 aromatic heterocycles. The molecule has 0 unspecified atom stereocenters. The predicted octanol–water partition coefficient (Wildman–Crippen LogP) is 2.94. The van der Waals surface area contributed by atoms with Crippen LogP contribution in [0.2, 0.25) is 0 Å². The van der Waals surface area contributed by atoms with Crippen LogP contribution < -0.4 is 0 Å². The summed E-state index contributed by atoms with van der Waals surface area (Å²) in [7, 11) is 2.07. The zero-order valence-electron chi connectivity index (χ0n) is 12.3. The number of aromatic nitrogens is 2. The number of benzene rings is 1. The molecule has 0 saturated carbocycles. The molecule has 19 heavy (non-hydrogen) atoms. The van der Waals surface area contributed by atoms with Gasteiger partial charge >= 0.3 is 0 Å². The summed E-state index contributed by atoms with van der Waals surface area (Å²) in [5.74, 6) is 1.35. The highest BCUT2D eigenvalue weighted by Gasteiger charge is 2.09. The highest BCUT2D eigenvalue weighted by atomic mass is 16.5. The highest BCUT2D eigenvalue weighted by molar-refractivity contribution is 5.36. The molecule has 0 saturated heterocycles. The van der Waals surface area contributed by atoms with Gasteiger partial charge in [-0.25, -0.2) is 0 Å². The van der Waals surface area contributed by atoms with Crippen LogP contribution in [0.15, 0.2) is 16.7 Å². The van der Waals surface area contributed by atoms with Gasteiger partial charge in [-0.2, -0.15) is 4.98 Å². The van der Waals surface area contributed by atoms with E-state index in [4.69, 9.17) is 4.52 Å². The van der Waals surface area contributed by atoms with E-state index in [1.165, 1.54) is 22.3 Å². The second-order valence-corrected chi connectivity index (χ2v) is 5.26. The summed E-state index contributed by atoms with van der Waals surface area (Å²) in [6.45, 7) is 9.86. The molecule has 0 aliphatic heterocycles. The van der Waals surface area contributed by atoms with Crippen molar-refractivity contribution < 1.29 is 4.52 Å². The monoisotopic (exact) mass is 259 g/mol. The van der Waals surface area contributed by atoms with Gasteiger partial charge in [-0.05, 0) is 50.1 Å². The van der Waals surface area contributed by atoms with E-state index in [0.717, 1.165) is 12.4 Å². The second kappa shape index (κ2) is 5.53. The Labute approximate surface area is 114 Å². The SMILES string of the molecule is Cc1nc(CN(C)Cc2cc(C)c(C)cc2C)no1. The smallest absolute Gasteiger partial charge is 0.223 e. The van der Waals surface area contributed by atoms with Crippen LogP contribution in [0.1, 0.15) is 34.0 Å². The van der Waals surface area contributed by atoms with Crippen LogP contribution in [-0.4, -0.2) is 22.1 Å². The van der Waals surface area contributed by atoms with Crippen molar-refractivity contribution in [3.63, 3.8) is 0 Å². The molecule has 1 heterocycles. The number of hydrogen-bond acceptors (Lipinski definition) is 4. The molecule has 4 heteroatoms. The lowest BCUT2D eigenvalue weighted by Crippen LogP contribution is -2.18. The first-order valence-corrected chi connectivity index (χ1v) is 6.50. The number of rotatable bonds is 4. The minimum Gasteiger partial charge on any atom is -0.340 e. The Morgan fingerprint density at radius 1 is 1.00 bits per heavy atom. The third kappa shape index (κ3) is 3.41. The van der Waals surface area contributed by atoms with E-state index in [0.29, 0.717) is 12.4 Å². The van der Waals surface area contributed by atoms with Gasteiger partial charge in [-0.15, -0.1) is 0 Å². The van der Waals surface area contributed by atoms with Crippen LogP contribution in [-0.2, 0) is 13.1 Å². The molecule has 0 aliphatic rings. The summed E-state index contributed by atoms with van der Waals surface area (Å²) in [4.78, 5) is 6.42. The Morgan fingerprint density at radius 3 is 2.32 bits per heavy atom. The average molecular weight is 259 g/mol. The summed E-state index contributed by atoms with van der Waals surface area (Å²) in [6, 6.07) is 4.51. The molecular formula is C15H21N3O. The average Bonchev–Trinajstić information content (AvgIpc) is 2.71. The molecule has 0 fully saturated rings. The van der Waals surface area contributed by atoms with Crippen LogP contribution in [0.25, 0.3) is 0 Å². The standard InChI is InChI=1S/C15H21N3O/c1-10-6-12(3)14(7-11(10)2)8-18(5)9-15-16-13(4)19-17-15/h6-7H,8-9H2,1-5H3. The van der Waals surface area contributed by atoms with E-state index in [1.54, 1.807) is 0 Å². The predicted molar refractivity (Wildman–Crippen MR) is 74.9 cm³/mol. The van der Waals surface area contributed by atoms with Gasteiger partial charge in [0.2, 0.25) is 5.89 Å². The molecule has 0 bridgehead atoms. The van der Waals surface area contributed by atoms with Crippen molar-refractivity contribution in [1.29, 1.82) is 0 Å². The van der Waals surface area contributed by atoms with Gasteiger partial charge in [-0.1, -0.05) is 17.3 Å². The van der Waals surface area contributed by atoms with Crippen LogP contribution in [0.5, 0.6) is 0 Å². The molecule has 4 nitrogen and oxygen atoms in total. The van der Waals surface area contributed by atoms with Crippen molar-refractivity contribution in [3.8, 4) is 0 Å². The van der Waals surface area contributed by atoms with Crippen molar-refractivity contribution in [2.24, 2.45) is 0 Å². The Bertz CT molecular complexity index is 575. The molecule has 0 amide bonds. The van der Waals surface area contributed by atoms with Crippen LogP contribution in [0.3, 0.4) is 0 Å². The maximum atomic E-state index is 4.99. The van der Waals surface area contributed by atoms with Gasteiger partial charge in [0.25, 0.3) is 0 Å². The zero-order chi connectivity index (χ0) is 14.0. The summed E-state index contributed by atoms with van der Waals surface area (Å²) in [6.07, 6.45) is 0. The first kappa shape index (κ1) is 13.7. The minimum absolute atomic E-state index is 0.616. The molecule has 0 atom stereocenters.